The molecule has 2 nitrogen and oxygen atoms in total. The highest BCUT2D eigenvalue weighted by molar-refractivity contribution is 5.37. The van der Waals surface area contributed by atoms with E-state index in [0.717, 1.165) is 24.6 Å². The van der Waals surface area contributed by atoms with Crippen LogP contribution in [-0.4, -0.2) is 29.7 Å². The van der Waals surface area contributed by atoms with Crippen LogP contribution >= 0.6 is 0 Å². The molecule has 102 valence electrons. The number of benzene rings is 1. The molecule has 0 unspecified atom stereocenters. The van der Waals surface area contributed by atoms with Crippen molar-refractivity contribution in [2.75, 3.05) is 19.7 Å². The maximum Gasteiger partial charge on any atom is 0.128 e. The van der Waals surface area contributed by atoms with Crippen LogP contribution in [-0.2, 0) is 6.54 Å². The van der Waals surface area contributed by atoms with Crippen LogP contribution in [0.15, 0.2) is 18.2 Å². The van der Waals surface area contributed by atoms with Crippen molar-refractivity contribution in [3.63, 3.8) is 0 Å². The summed E-state index contributed by atoms with van der Waals surface area (Å²) in [6.07, 6.45) is 2.39. The Morgan fingerprint density at radius 1 is 1.37 bits per heavy atom. The van der Waals surface area contributed by atoms with Crippen LogP contribution in [0.2, 0.25) is 0 Å². The second kappa shape index (κ2) is 6.70. The molecular weight excluding hydrogens is 241 g/mol. The van der Waals surface area contributed by atoms with Crippen molar-refractivity contribution < 1.29 is 9.50 Å². The summed E-state index contributed by atoms with van der Waals surface area (Å²) in [4.78, 5) is 2.30. The highest BCUT2D eigenvalue weighted by Crippen LogP contribution is 2.19. The molecular formula is C16H20FNO. The van der Waals surface area contributed by atoms with E-state index >= 15 is 0 Å². The maximum absolute atomic E-state index is 14.0. The standard InChI is InChI=1S/C16H20FNO/c1-13-6-8-18(9-7-13)12-15-5-4-14(3-2-10-19)11-16(15)17/h4-5,11,13,19H,6-10,12H2,1H3. The SMILES string of the molecule is CC1CCN(Cc2ccc(C#CCO)cc2F)CC1. The average molecular weight is 261 g/mol. The van der Waals surface area contributed by atoms with E-state index in [1.165, 1.54) is 18.9 Å². The van der Waals surface area contributed by atoms with E-state index in [-0.39, 0.29) is 12.4 Å². The molecule has 0 aliphatic carbocycles. The minimum atomic E-state index is -0.205. The largest absolute Gasteiger partial charge is 0.384 e. The molecule has 0 aromatic heterocycles. The number of aliphatic hydroxyl groups is 1. The fourth-order valence-corrected chi connectivity index (χ4v) is 2.36. The fourth-order valence-electron chi connectivity index (χ4n) is 2.36. The lowest BCUT2D eigenvalue weighted by molar-refractivity contribution is 0.183. The van der Waals surface area contributed by atoms with Gasteiger partial charge in [0.1, 0.15) is 12.4 Å². The van der Waals surface area contributed by atoms with E-state index in [9.17, 15) is 4.39 Å². The zero-order valence-electron chi connectivity index (χ0n) is 11.3. The molecule has 1 N–H and O–H groups in total. The molecule has 3 heteroatoms. The molecule has 0 saturated carbocycles. The van der Waals surface area contributed by atoms with Crippen molar-refractivity contribution in [1.82, 2.24) is 4.90 Å². The monoisotopic (exact) mass is 261 g/mol. The molecule has 1 aromatic carbocycles. The zero-order chi connectivity index (χ0) is 13.7. The first kappa shape index (κ1) is 14.0. The van der Waals surface area contributed by atoms with E-state index < -0.39 is 0 Å². The van der Waals surface area contributed by atoms with Gasteiger partial charge in [-0.05, 0) is 44.0 Å². The third kappa shape index (κ3) is 4.05. The summed E-state index contributed by atoms with van der Waals surface area (Å²) in [6.45, 7) is 4.84. The fraction of sp³-hybridized carbons (Fsp3) is 0.500. The molecule has 19 heavy (non-hydrogen) atoms. The van der Waals surface area contributed by atoms with Crippen LogP contribution < -0.4 is 0 Å². The molecule has 1 aromatic rings. The van der Waals surface area contributed by atoms with Gasteiger partial charge < -0.3 is 5.11 Å². The lowest BCUT2D eigenvalue weighted by atomic mass is 9.98. The van der Waals surface area contributed by atoms with Gasteiger partial charge in [-0.3, -0.25) is 4.90 Å². The van der Waals surface area contributed by atoms with Crippen LogP contribution in [0.25, 0.3) is 0 Å². The molecule has 1 heterocycles. The lowest BCUT2D eigenvalue weighted by Gasteiger charge is -2.30. The van der Waals surface area contributed by atoms with Gasteiger partial charge in [-0.2, -0.15) is 0 Å². The minimum Gasteiger partial charge on any atom is -0.384 e. The lowest BCUT2D eigenvalue weighted by Crippen LogP contribution is -2.32. The van der Waals surface area contributed by atoms with Gasteiger partial charge in [-0.1, -0.05) is 24.8 Å². The number of hydrogen-bond donors (Lipinski definition) is 1. The normalized spacial score (nSPS) is 17.0. The van der Waals surface area contributed by atoms with Crippen LogP contribution in [0.5, 0.6) is 0 Å². The number of rotatable bonds is 2. The van der Waals surface area contributed by atoms with E-state index in [1.807, 2.05) is 6.07 Å². The highest BCUT2D eigenvalue weighted by Gasteiger charge is 2.16. The van der Waals surface area contributed by atoms with Gasteiger partial charge in [-0.25, -0.2) is 4.39 Å². The summed E-state index contributed by atoms with van der Waals surface area (Å²) in [6, 6.07) is 5.06. The van der Waals surface area contributed by atoms with E-state index in [2.05, 4.69) is 23.7 Å². The van der Waals surface area contributed by atoms with Crippen molar-refractivity contribution in [3.05, 3.63) is 35.1 Å². The summed E-state index contributed by atoms with van der Waals surface area (Å²) in [5, 5.41) is 8.62. The second-order valence-electron chi connectivity index (χ2n) is 5.22. The first-order valence-corrected chi connectivity index (χ1v) is 6.79. The summed E-state index contributed by atoms with van der Waals surface area (Å²) in [5.41, 5.74) is 1.34. The average Bonchev–Trinajstić information content (AvgIpc) is 2.41. The number of nitrogens with zero attached hydrogens (tertiary/aromatic N) is 1. The minimum absolute atomic E-state index is 0.199. The number of hydrogen-bond acceptors (Lipinski definition) is 2. The van der Waals surface area contributed by atoms with Gasteiger partial charge >= 0.3 is 0 Å². The Bertz CT molecular complexity index is 481. The molecule has 0 radical (unpaired) electrons. The molecule has 1 saturated heterocycles. The van der Waals surface area contributed by atoms with Crippen LogP contribution in [0.4, 0.5) is 4.39 Å². The van der Waals surface area contributed by atoms with Crippen molar-refractivity contribution in [3.8, 4) is 11.8 Å². The van der Waals surface area contributed by atoms with Gasteiger partial charge in [0.2, 0.25) is 0 Å². The number of halogens is 1. The predicted octanol–water partition coefficient (Wildman–Crippen LogP) is 2.40. The summed E-state index contributed by atoms with van der Waals surface area (Å²) >= 11 is 0. The van der Waals surface area contributed by atoms with Crippen LogP contribution in [0.1, 0.15) is 30.9 Å². The Hall–Kier alpha value is -1.37. The topological polar surface area (TPSA) is 23.5 Å². The van der Waals surface area contributed by atoms with Gasteiger partial charge in [-0.15, -0.1) is 0 Å². The van der Waals surface area contributed by atoms with Gasteiger partial charge in [0.15, 0.2) is 0 Å². The van der Waals surface area contributed by atoms with Gasteiger partial charge in [0.05, 0.1) is 0 Å². The van der Waals surface area contributed by atoms with Crippen LogP contribution in [0, 0.1) is 23.6 Å². The number of likely N-dealkylation sites (tertiary alicyclic amines) is 1. The molecule has 1 aliphatic heterocycles. The molecule has 2 rings (SSSR count). The predicted molar refractivity (Wildman–Crippen MR) is 74.0 cm³/mol. The quantitative estimate of drug-likeness (QED) is 0.826. The number of piperidine rings is 1. The third-order valence-electron chi connectivity index (χ3n) is 3.64. The van der Waals surface area contributed by atoms with Crippen molar-refractivity contribution in [2.45, 2.75) is 26.3 Å². The van der Waals surface area contributed by atoms with Crippen molar-refractivity contribution >= 4 is 0 Å². The Morgan fingerprint density at radius 2 is 2.11 bits per heavy atom. The number of aliphatic hydroxyl groups excluding tert-OH is 1. The molecule has 0 atom stereocenters. The summed E-state index contributed by atoms with van der Waals surface area (Å²) < 4.78 is 14.0. The third-order valence-corrected chi connectivity index (χ3v) is 3.64. The summed E-state index contributed by atoms with van der Waals surface area (Å²) in [7, 11) is 0. The van der Waals surface area contributed by atoms with Crippen molar-refractivity contribution in [2.24, 2.45) is 5.92 Å². The van der Waals surface area contributed by atoms with E-state index in [1.54, 1.807) is 6.07 Å². The highest BCUT2D eigenvalue weighted by atomic mass is 19.1. The van der Waals surface area contributed by atoms with Crippen LogP contribution in [0.3, 0.4) is 0 Å². The Kier molecular flexibility index (Phi) is 4.95. The first-order valence-electron chi connectivity index (χ1n) is 6.79. The molecule has 0 amide bonds. The maximum atomic E-state index is 14.0. The zero-order valence-corrected chi connectivity index (χ0v) is 11.3. The molecule has 0 bridgehead atoms. The first-order chi connectivity index (χ1) is 9.19. The molecule has 1 aliphatic rings. The Labute approximate surface area is 114 Å². The van der Waals surface area contributed by atoms with Crippen molar-refractivity contribution in [1.29, 1.82) is 0 Å². The summed E-state index contributed by atoms with van der Waals surface area (Å²) in [5.74, 6) is 5.83. The van der Waals surface area contributed by atoms with E-state index in [0.29, 0.717) is 12.1 Å². The van der Waals surface area contributed by atoms with Gasteiger partial charge in [0.25, 0.3) is 0 Å². The Morgan fingerprint density at radius 3 is 2.74 bits per heavy atom. The smallest absolute Gasteiger partial charge is 0.128 e. The molecule has 0 spiro atoms. The van der Waals surface area contributed by atoms with E-state index in [4.69, 9.17) is 5.11 Å². The second-order valence-corrected chi connectivity index (χ2v) is 5.22. The Balaban J connectivity index is 2.01. The van der Waals surface area contributed by atoms with Gasteiger partial charge in [0, 0.05) is 17.7 Å². The molecule has 1 fully saturated rings.